The second-order valence-corrected chi connectivity index (χ2v) is 10.8. The van der Waals surface area contributed by atoms with Gasteiger partial charge in [0.15, 0.2) is 6.23 Å². The summed E-state index contributed by atoms with van der Waals surface area (Å²) in [5.41, 5.74) is -3.02. The molecule has 2 fully saturated rings. The van der Waals surface area contributed by atoms with Crippen LogP contribution in [0.2, 0.25) is 0 Å². The summed E-state index contributed by atoms with van der Waals surface area (Å²) in [4.78, 5) is 61.0. The molecule has 176 valence electrons. The minimum absolute atomic E-state index is 0.192. The third-order valence-electron chi connectivity index (χ3n) is 4.36. The summed E-state index contributed by atoms with van der Waals surface area (Å²) in [6, 6.07) is 1.02. The Hall–Kier alpha value is -1.03. The van der Waals surface area contributed by atoms with Gasteiger partial charge in [-0.05, 0) is 0 Å². The number of phosphoric ester groups is 1. The predicted molar refractivity (Wildman–Crippen MR) is 94.4 cm³/mol. The number of phosphoric acid groups is 3. The molecule has 0 aromatic carbocycles. The first-order valence-electron chi connectivity index (χ1n) is 8.21. The van der Waals surface area contributed by atoms with Crippen LogP contribution in [-0.4, -0.2) is 65.3 Å². The Labute approximate surface area is 171 Å². The molecule has 17 nitrogen and oxygen atoms in total. The first-order chi connectivity index (χ1) is 14.1. The largest absolute Gasteiger partial charge is 0.490 e. The minimum atomic E-state index is -5.71. The zero-order valence-corrected chi connectivity index (χ0v) is 17.8. The number of aliphatic hydroxyl groups is 1. The van der Waals surface area contributed by atoms with E-state index in [2.05, 4.69) is 13.1 Å². The summed E-state index contributed by atoms with van der Waals surface area (Å²) >= 11 is 0. The number of aromatic amines is 1. The second kappa shape index (κ2) is 8.39. The zero-order chi connectivity index (χ0) is 23.2. The number of nitrogens with zero attached hydrogens (tertiary/aromatic N) is 1. The van der Waals surface area contributed by atoms with E-state index in [1.165, 1.54) is 0 Å². The van der Waals surface area contributed by atoms with Gasteiger partial charge >= 0.3 is 29.2 Å². The molecule has 0 bridgehead atoms. The van der Waals surface area contributed by atoms with Crippen molar-refractivity contribution in [1.82, 2.24) is 9.55 Å². The number of nitrogens with one attached hydrogen (secondary N) is 1. The molecule has 1 spiro atoms. The van der Waals surface area contributed by atoms with Gasteiger partial charge < -0.3 is 34.2 Å². The Bertz CT molecular complexity index is 1090. The zero-order valence-electron chi connectivity index (χ0n) is 15.1. The van der Waals surface area contributed by atoms with Gasteiger partial charge in [0.2, 0.25) is 0 Å². The summed E-state index contributed by atoms with van der Waals surface area (Å²) in [6.07, 6.45) is -2.91. The highest BCUT2D eigenvalue weighted by molar-refractivity contribution is 7.66. The first-order valence-corrected chi connectivity index (χ1v) is 12.7. The molecule has 0 amide bonds. The molecule has 6 atom stereocenters. The highest BCUT2D eigenvalue weighted by Gasteiger charge is 2.62. The lowest BCUT2D eigenvalue weighted by Crippen LogP contribution is -2.57. The van der Waals surface area contributed by atoms with Crippen molar-refractivity contribution in [2.75, 3.05) is 13.2 Å². The highest BCUT2D eigenvalue weighted by Crippen LogP contribution is 2.66. The molecule has 31 heavy (non-hydrogen) atoms. The second-order valence-electron chi connectivity index (χ2n) is 6.43. The number of rotatable bonds is 8. The topological polar surface area (TPSA) is 253 Å². The lowest BCUT2D eigenvalue weighted by Gasteiger charge is -2.44. The van der Waals surface area contributed by atoms with Crippen LogP contribution in [0.1, 0.15) is 12.6 Å². The van der Waals surface area contributed by atoms with Gasteiger partial charge in [0.05, 0.1) is 13.2 Å². The van der Waals surface area contributed by atoms with Crippen LogP contribution < -0.4 is 11.2 Å². The van der Waals surface area contributed by atoms with Crippen molar-refractivity contribution in [3.63, 3.8) is 0 Å². The van der Waals surface area contributed by atoms with Crippen LogP contribution in [0.4, 0.5) is 0 Å². The average Bonchev–Trinajstić information content (AvgIpc) is 2.82. The minimum Gasteiger partial charge on any atom is -0.387 e. The number of aliphatic hydroxyl groups excluding tert-OH is 1. The van der Waals surface area contributed by atoms with Crippen LogP contribution >= 0.6 is 23.5 Å². The van der Waals surface area contributed by atoms with E-state index in [-0.39, 0.29) is 13.0 Å². The van der Waals surface area contributed by atoms with Crippen molar-refractivity contribution < 1.29 is 61.0 Å². The van der Waals surface area contributed by atoms with Crippen molar-refractivity contribution in [3.8, 4) is 0 Å². The molecule has 2 saturated heterocycles. The Morgan fingerprint density at radius 2 is 1.81 bits per heavy atom. The smallest absolute Gasteiger partial charge is 0.387 e. The number of H-pyrrole nitrogens is 1. The van der Waals surface area contributed by atoms with Crippen LogP contribution in [-0.2, 0) is 36.3 Å². The molecule has 0 radical (unpaired) electrons. The summed E-state index contributed by atoms with van der Waals surface area (Å²) < 4.78 is 57.3. The molecule has 1 aromatic rings. The fraction of sp³-hybridized carbons (Fsp3) is 0.636. The lowest BCUT2D eigenvalue weighted by molar-refractivity contribution is -0.227. The summed E-state index contributed by atoms with van der Waals surface area (Å²) in [5.74, 6) is 0. The summed E-state index contributed by atoms with van der Waals surface area (Å²) in [6.45, 7) is -0.748. The van der Waals surface area contributed by atoms with Gasteiger partial charge in [0.25, 0.3) is 5.56 Å². The van der Waals surface area contributed by atoms with E-state index in [0.29, 0.717) is 0 Å². The molecule has 1 aromatic heterocycles. The van der Waals surface area contributed by atoms with Crippen LogP contribution in [0.15, 0.2) is 21.9 Å². The third-order valence-corrected chi connectivity index (χ3v) is 8.16. The SMILES string of the molecule is O=c1ccn([C@@H]2O[C@H](COP(=O)(O)OP(=O)(O)OP(=O)(O)O)[C@@H](O)[C@]23CCO3)c(=O)[nH]1. The predicted octanol–water partition coefficient (Wildman–Crippen LogP) is -1.70. The van der Waals surface area contributed by atoms with Gasteiger partial charge in [-0.25, -0.2) is 18.5 Å². The van der Waals surface area contributed by atoms with Crippen molar-refractivity contribution in [3.05, 3.63) is 33.1 Å². The fourth-order valence-corrected chi connectivity index (χ4v) is 6.13. The number of hydrogen-bond donors (Lipinski definition) is 6. The maximum absolute atomic E-state index is 12.1. The van der Waals surface area contributed by atoms with Crippen molar-refractivity contribution in [1.29, 1.82) is 0 Å². The molecule has 2 aliphatic heterocycles. The Balaban J connectivity index is 1.73. The van der Waals surface area contributed by atoms with E-state index >= 15 is 0 Å². The first kappa shape index (κ1) is 24.6. The molecule has 3 rings (SSSR count). The van der Waals surface area contributed by atoms with Crippen LogP contribution in [0, 0.1) is 0 Å². The molecule has 6 N–H and O–H groups in total. The monoisotopic (exact) mass is 510 g/mol. The van der Waals surface area contributed by atoms with Crippen LogP contribution in [0.25, 0.3) is 0 Å². The highest BCUT2D eigenvalue weighted by atomic mass is 31.3. The Kier molecular flexibility index (Phi) is 6.66. The van der Waals surface area contributed by atoms with E-state index in [0.717, 1.165) is 16.8 Å². The number of hydrogen-bond acceptors (Lipinski definition) is 11. The van der Waals surface area contributed by atoms with Gasteiger partial charge in [-0.15, -0.1) is 0 Å². The van der Waals surface area contributed by atoms with Gasteiger partial charge in [-0.1, -0.05) is 0 Å². The Morgan fingerprint density at radius 1 is 1.16 bits per heavy atom. The van der Waals surface area contributed by atoms with Crippen molar-refractivity contribution in [2.45, 2.75) is 30.5 Å². The number of aromatic nitrogens is 2. The summed E-state index contributed by atoms with van der Waals surface area (Å²) in [7, 11) is -16.7. The molecule has 0 aliphatic carbocycles. The molecule has 2 aliphatic rings. The lowest BCUT2D eigenvalue weighted by atomic mass is 9.86. The van der Waals surface area contributed by atoms with E-state index in [4.69, 9.17) is 24.2 Å². The summed E-state index contributed by atoms with van der Waals surface area (Å²) in [5, 5.41) is 10.6. The maximum atomic E-state index is 12.1. The molecular weight excluding hydrogens is 493 g/mol. The van der Waals surface area contributed by atoms with Crippen LogP contribution in [0.3, 0.4) is 0 Å². The normalized spacial score (nSPS) is 32.4. The van der Waals surface area contributed by atoms with E-state index in [1.54, 1.807) is 0 Å². The van der Waals surface area contributed by atoms with Crippen molar-refractivity contribution in [2.24, 2.45) is 0 Å². The molecule has 3 heterocycles. The number of ether oxygens (including phenoxy) is 2. The molecule has 20 heteroatoms. The Morgan fingerprint density at radius 3 is 2.32 bits per heavy atom. The maximum Gasteiger partial charge on any atom is 0.490 e. The average molecular weight is 510 g/mol. The van der Waals surface area contributed by atoms with Gasteiger partial charge in [0, 0.05) is 18.7 Å². The quantitative estimate of drug-likeness (QED) is 0.213. The van der Waals surface area contributed by atoms with E-state index < -0.39 is 65.4 Å². The van der Waals surface area contributed by atoms with Gasteiger partial charge in [-0.2, -0.15) is 8.62 Å². The van der Waals surface area contributed by atoms with E-state index in [1.807, 2.05) is 4.98 Å². The van der Waals surface area contributed by atoms with Crippen molar-refractivity contribution >= 4 is 23.5 Å². The third kappa shape index (κ3) is 5.49. The van der Waals surface area contributed by atoms with Gasteiger partial charge in [0.1, 0.15) is 17.8 Å². The van der Waals surface area contributed by atoms with Crippen LogP contribution in [0.5, 0.6) is 0 Å². The standard InChI is InChI=1S/C11H17N2O15P3/c14-7-1-3-13(10(16)12-7)9-11(2-4-24-11)8(15)6(26-9)5-25-30(20,21)28-31(22,23)27-29(17,18)19/h1,3,6,8-9,15H,2,4-5H2,(H,20,21)(H,22,23)(H,12,14,16)(H2,17,18,19)/t6-,8-,9-,11-/m1/s1. The fourth-order valence-electron chi connectivity index (χ4n) is 3.10. The molecule has 0 saturated carbocycles. The molecule has 2 unspecified atom stereocenters. The van der Waals surface area contributed by atoms with Gasteiger partial charge in [-0.3, -0.25) is 18.9 Å². The molecular formula is C11H17N2O15P3. The van der Waals surface area contributed by atoms with E-state index in [9.17, 15) is 33.3 Å².